The van der Waals surface area contributed by atoms with E-state index < -0.39 is 6.09 Å². The van der Waals surface area contributed by atoms with Crippen molar-refractivity contribution in [3.8, 4) is 0 Å². The smallest absolute Gasteiger partial charge is 0.412 e. The van der Waals surface area contributed by atoms with Gasteiger partial charge in [0, 0.05) is 30.7 Å². The number of anilines is 1. The first-order valence-corrected chi connectivity index (χ1v) is 6.21. The molecule has 108 valence electrons. The van der Waals surface area contributed by atoms with Gasteiger partial charge in [0.2, 0.25) is 0 Å². The average molecular weight is 286 g/mol. The van der Waals surface area contributed by atoms with Crippen molar-refractivity contribution in [2.24, 2.45) is 0 Å². The van der Waals surface area contributed by atoms with Gasteiger partial charge in [0.15, 0.2) is 12.4 Å². The highest BCUT2D eigenvalue weighted by atomic mass is 16.5. The molecular formula is C14H14N4O3. The van der Waals surface area contributed by atoms with Crippen molar-refractivity contribution in [3.63, 3.8) is 0 Å². The summed E-state index contributed by atoms with van der Waals surface area (Å²) in [6.07, 6.45) is 2.49. The lowest BCUT2D eigenvalue weighted by Crippen LogP contribution is -2.18. The lowest BCUT2D eigenvalue weighted by Gasteiger charge is -2.07. The molecule has 0 aliphatic rings. The summed E-state index contributed by atoms with van der Waals surface area (Å²) in [4.78, 5) is 31.0. The van der Waals surface area contributed by atoms with Gasteiger partial charge in [-0.1, -0.05) is 6.07 Å². The molecule has 0 radical (unpaired) electrons. The Morgan fingerprint density at radius 1 is 1.19 bits per heavy atom. The summed E-state index contributed by atoms with van der Waals surface area (Å²) in [6, 6.07) is 8.20. The minimum absolute atomic E-state index is 0.0260. The van der Waals surface area contributed by atoms with Crippen molar-refractivity contribution in [1.82, 2.24) is 15.3 Å². The van der Waals surface area contributed by atoms with Gasteiger partial charge in [0.1, 0.15) is 0 Å². The molecular weight excluding hydrogens is 272 g/mol. The average Bonchev–Trinajstić information content (AvgIpc) is 2.53. The maximum Gasteiger partial charge on any atom is 0.412 e. The number of carbonyl (C=O) groups excluding carboxylic acids is 2. The predicted octanol–water partition coefficient (Wildman–Crippen LogP) is 1.58. The van der Waals surface area contributed by atoms with E-state index in [9.17, 15) is 9.59 Å². The number of amides is 2. The summed E-state index contributed by atoms with van der Waals surface area (Å²) in [6.45, 7) is -0.0260. The molecule has 1 heterocycles. The van der Waals surface area contributed by atoms with Crippen molar-refractivity contribution in [3.05, 3.63) is 54.1 Å². The molecule has 1 aromatic carbocycles. The predicted molar refractivity (Wildman–Crippen MR) is 75.7 cm³/mol. The van der Waals surface area contributed by atoms with Gasteiger partial charge in [-0.25, -0.2) is 14.8 Å². The van der Waals surface area contributed by atoms with Gasteiger partial charge in [0.05, 0.1) is 0 Å². The first kappa shape index (κ1) is 14.4. The number of carbonyl (C=O) groups is 2. The third-order valence-electron chi connectivity index (χ3n) is 2.55. The Morgan fingerprint density at radius 3 is 2.67 bits per heavy atom. The molecule has 0 atom stereocenters. The molecule has 2 rings (SSSR count). The Hall–Kier alpha value is -2.96. The third-order valence-corrected chi connectivity index (χ3v) is 2.55. The van der Waals surface area contributed by atoms with E-state index in [-0.39, 0.29) is 12.5 Å². The highest BCUT2D eigenvalue weighted by molar-refractivity contribution is 5.96. The van der Waals surface area contributed by atoms with Gasteiger partial charge in [0.25, 0.3) is 5.91 Å². The van der Waals surface area contributed by atoms with Crippen LogP contribution >= 0.6 is 0 Å². The number of benzene rings is 1. The van der Waals surface area contributed by atoms with Crippen molar-refractivity contribution in [2.75, 3.05) is 12.4 Å². The van der Waals surface area contributed by atoms with Crippen LogP contribution in [-0.2, 0) is 11.3 Å². The molecule has 7 heteroatoms. The molecule has 0 spiro atoms. The Balaban J connectivity index is 1.92. The zero-order valence-electron chi connectivity index (χ0n) is 11.4. The van der Waals surface area contributed by atoms with Crippen LogP contribution in [-0.4, -0.2) is 29.0 Å². The monoisotopic (exact) mass is 286 g/mol. The number of rotatable bonds is 4. The fraction of sp³-hybridized carbons (Fsp3) is 0.143. The molecule has 2 aromatic rings. The zero-order chi connectivity index (χ0) is 15.1. The molecule has 0 unspecified atom stereocenters. The normalized spacial score (nSPS) is 9.76. The van der Waals surface area contributed by atoms with Crippen LogP contribution in [0.4, 0.5) is 10.5 Å². The Bertz CT molecular complexity index is 631. The van der Waals surface area contributed by atoms with E-state index in [2.05, 4.69) is 20.6 Å². The lowest BCUT2D eigenvalue weighted by atomic mass is 10.2. The summed E-state index contributed by atoms with van der Waals surface area (Å²) in [5.74, 6) is 0.177. The van der Waals surface area contributed by atoms with Crippen LogP contribution in [0.2, 0.25) is 0 Å². The summed E-state index contributed by atoms with van der Waals surface area (Å²) in [5, 5.41) is 5.04. The minimum Gasteiger partial charge on any atom is -0.441 e. The van der Waals surface area contributed by atoms with E-state index >= 15 is 0 Å². The maximum atomic E-state index is 11.6. The molecule has 7 nitrogen and oxygen atoms in total. The zero-order valence-corrected chi connectivity index (χ0v) is 11.4. The minimum atomic E-state index is -0.642. The number of nitrogens with one attached hydrogen (secondary N) is 2. The van der Waals surface area contributed by atoms with Crippen LogP contribution in [0.5, 0.6) is 0 Å². The van der Waals surface area contributed by atoms with Crippen LogP contribution in [0.25, 0.3) is 0 Å². The summed E-state index contributed by atoms with van der Waals surface area (Å²) < 4.78 is 4.98. The second-order valence-electron chi connectivity index (χ2n) is 4.03. The van der Waals surface area contributed by atoms with E-state index in [0.29, 0.717) is 17.1 Å². The molecule has 1 aromatic heterocycles. The van der Waals surface area contributed by atoms with E-state index in [0.717, 1.165) is 0 Å². The number of ether oxygens (including phenoxy) is 1. The van der Waals surface area contributed by atoms with Gasteiger partial charge in [-0.15, -0.1) is 0 Å². The van der Waals surface area contributed by atoms with Crippen LogP contribution < -0.4 is 10.6 Å². The topological polar surface area (TPSA) is 93.2 Å². The summed E-state index contributed by atoms with van der Waals surface area (Å²) in [5.41, 5.74) is 0.914. The Labute approximate surface area is 121 Å². The fourth-order valence-electron chi connectivity index (χ4n) is 1.57. The van der Waals surface area contributed by atoms with Gasteiger partial charge in [-0.3, -0.25) is 10.1 Å². The van der Waals surface area contributed by atoms with Crippen molar-refractivity contribution in [2.45, 2.75) is 6.61 Å². The van der Waals surface area contributed by atoms with Gasteiger partial charge in [-0.2, -0.15) is 0 Å². The van der Waals surface area contributed by atoms with E-state index in [1.54, 1.807) is 42.7 Å². The maximum absolute atomic E-state index is 11.6. The molecule has 2 amide bonds. The summed E-state index contributed by atoms with van der Waals surface area (Å²) >= 11 is 0. The number of hydrogen-bond donors (Lipinski definition) is 2. The van der Waals surface area contributed by atoms with Gasteiger partial charge in [-0.05, 0) is 24.3 Å². The first-order valence-electron chi connectivity index (χ1n) is 6.21. The molecule has 21 heavy (non-hydrogen) atoms. The van der Waals surface area contributed by atoms with Crippen LogP contribution in [0.1, 0.15) is 16.2 Å². The van der Waals surface area contributed by atoms with Crippen LogP contribution in [0.3, 0.4) is 0 Å². The molecule has 0 bridgehead atoms. The summed E-state index contributed by atoms with van der Waals surface area (Å²) in [7, 11) is 1.54. The van der Waals surface area contributed by atoms with E-state index in [1.807, 2.05) is 0 Å². The molecule has 0 aliphatic carbocycles. The second kappa shape index (κ2) is 6.99. The molecule has 0 saturated carbocycles. The largest absolute Gasteiger partial charge is 0.441 e. The fourth-order valence-corrected chi connectivity index (χ4v) is 1.57. The van der Waals surface area contributed by atoms with E-state index in [1.165, 1.54) is 7.05 Å². The van der Waals surface area contributed by atoms with Crippen LogP contribution in [0, 0.1) is 0 Å². The Kier molecular flexibility index (Phi) is 4.81. The van der Waals surface area contributed by atoms with Gasteiger partial charge < -0.3 is 10.1 Å². The third kappa shape index (κ3) is 4.27. The SMILES string of the molecule is CNC(=O)c1cccc(NC(=O)OCc2ncccn2)c1. The Morgan fingerprint density at radius 2 is 1.95 bits per heavy atom. The first-order chi connectivity index (χ1) is 10.2. The molecule has 0 aliphatic heterocycles. The number of aromatic nitrogens is 2. The lowest BCUT2D eigenvalue weighted by molar-refractivity contribution is 0.0963. The standard InChI is InChI=1S/C14H14N4O3/c1-15-13(19)10-4-2-5-11(8-10)18-14(20)21-9-12-16-6-3-7-17-12/h2-8H,9H2,1H3,(H,15,19)(H,18,20). The van der Waals surface area contributed by atoms with Crippen molar-refractivity contribution < 1.29 is 14.3 Å². The van der Waals surface area contributed by atoms with Crippen molar-refractivity contribution in [1.29, 1.82) is 0 Å². The highest BCUT2D eigenvalue weighted by Crippen LogP contribution is 2.11. The van der Waals surface area contributed by atoms with Gasteiger partial charge >= 0.3 is 6.09 Å². The molecule has 0 fully saturated rings. The highest BCUT2D eigenvalue weighted by Gasteiger charge is 2.07. The number of hydrogen-bond acceptors (Lipinski definition) is 5. The van der Waals surface area contributed by atoms with E-state index in [4.69, 9.17) is 4.74 Å². The molecule has 0 saturated heterocycles. The van der Waals surface area contributed by atoms with Crippen molar-refractivity contribution >= 4 is 17.7 Å². The molecule has 2 N–H and O–H groups in total. The number of nitrogens with zero attached hydrogens (tertiary/aromatic N) is 2. The second-order valence-corrected chi connectivity index (χ2v) is 4.03. The van der Waals surface area contributed by atoms with Crippen LogP contribution in [0.15, 0.2) is 42.7 Å². The quantitative estimate of drug-likeness (QED) is 0.890.